The summed E-state index contributed by atoms with van der Waals surface area (Å²) in [5, 5.41) is 16.6. The molecule has 3 aromatic heterocycles. The lowest BCUT2D eigenvalue weighted by molar-refractivity contribution is -0.0228. The lowest BCUT2D eigenvalue weighted by atomic mass is 9.60. The van der Waals surface area contributed by atoms with Gasteiger partial charge in [0, 0.05) is 62.2 Å². The summed E-state index contributed by atoms with van der Waals surface area (Å²) in [4.78, 5) is 42.7. The van der Waals surface area contributed by atoms with E-state index < -0.39 is 15.9 Å². The number of nitroso groups, excluding NO2 is 1. The molecule has 4 N–H and O–H groups in total. The summed E-state index contributed by atoms with van der Waals surface area (Å²) in [7, 11) is -4.45. The van der Waals surface area contributed by atoms with Crippen LogP contribution < -0.4 is 19.7 Å². The molecule has 2 saturated heterocycles. The first-order chi connectivity index (χ1) is 30.5. The number of sulfonamides is 1. The number of pyridine rings is 2. The number of aromatic amines is 1. The molecule has 5 heterocycles. The first-order valence-electron chi connectivity index (χ1n) is 22.6. The molecular formula is C48H58N8O6S. The van der Waals surface area contributed by atoms with Crippen molar-refractivity contribution in [2.45, 2.75) is 101 Å². The molecule has 4 fully saturated rings. The standard InChI is InChI=1S/C48H58N8O6S/c1-31(2)38-6-3-4-7-39(38)43-8-5-19-56(43)35-25-48(26-35)16-20-55(21-17-48)45-24-44(62-36-22-34-15-18-49-46(34)52-28-36)40(29-51-45)47(58)54-63(60,61)37-13-14-41(42(23-37)53-59)50-27-32-9-11-33(30-57)12-10-32/h3-4,6-7,13-15,18,22-24,28-29,31-33,35,43,50,57H,5,8-12,16-17,19-21,25-27,30H2,1-2H3,(H,49,52)(H,54,58)/t32-,33-,43?. The molecule has 63 heavy (non-hydrogen) atoms. The van der Waals surface area contributed by atoms with E-state index in [9.17, 15) is 23.2 Å². The number of H-pyrrole nitrogens is 1. The van der Waals surface area contributed by atoms with Gasteiger partial charge in [0.2, 0.25) is 0 Å². The van der Waals surface area contributed by atoms with Gasteiger partial charge < -0.3 is 25.0 Å². The molecule has 1 atom stereocenters. The minimum Gasteiger partial charge on any atom is -0.455 e. The van der Waals surface area contributed by atoms with E-state index in [1.54, 1.807) is 24.5 Å². The van der Waals surface area contributed by atoms with Crippen LogP contribution in [0.1, 0.15) is 112 Å². The molecule has 2 aliphatic heterocycles. The van der Waals surface area contributed by atoms with Gasteiger partial charge in [-0.05, 0) is 141 Å². The van der Waals surface area contributed by atoms with Gasteiger partial charge in [-0.15, -0.1) is 4.91 Å². The molecule has 1 amide bonds. The SMILES string of the molecule is CC(C)c1ccccc1C1CCCN1C1CC2(CCN(c3cc(Oc4cnc5[nH]ccc5c4)c(C(=O)NS(=O)(=O)c4ccc(NC[C@H]5CC[C@H](CO)CC5)c(N=O)c4)cn3)CC2)C1. The number of likely N-dealkylation sites (tertiary alicyclic amines) is 1. The predicted octanol–water partition coefficient (Wildman–Crippen LogP) is 9.19. The summed E-state index contributed by atoms with van der Waals surface area (Å²) < 4.78 is 35.9. The molecule has 14 nitrogen and oxygen atoms in total. The fourth-order valence-corrected chi connectivity index (χ4v) is 11.6. The molecule has 5 aromatic rings. The van der Waals surface area contributed by atoms with Crippen molar-refractivity contribution < 1.29 is 23.1 Å². The Morgan fingerprint density at radius 1 is 0.968 bits per heavy atom. The third-order valence-corrected chi connectivity index (χ3v) is 15.7. The summed E-state index contributed by atoms with van der Waals surface area (Å²) in [5.41, 5.74) is 4.20. The summed E-state index contributed by atoms with van der Waals surface area (Å²) in [6, 6.07) is 19.4. The summed E-state index contributed by atoms with van der Waals surface area (Å²) >= 11 is 0. The second kappa shape index (κ2) is 18.0. The Morgan fingerprint density at radius 2 is 1.75 bits per heavy atom. The Labute approximate surface area is 369 Å². The largest absolute Gasteiger partial charge is 0.455 e. The zero-order valence-electron chi connectivity index (χ0n) is 36.1. The number of aromatic nitrogens is 3. The maximum absolute atomic E-state index is 13.9. The maximum atomic E-state index is 13.9. The maximum Gasteiger partial charge on any atom is 0.270 e. The van der Waals surface area contributed by atoms with Crippen molar-refractivity contribution in [2.75, 3.05) is 43.0 Å². The van der Waals surface area contributed by atoms with Crippen LogP contribution in [0.15, 0.2) is 89.3 Å². The Morgan fingerprint density at radius 3 is 2.51 bits per heavy atom. The first-order valence-corrected chi connectivity index (χ1v) is 24.1. The van der Waals surface area contributed by atoms with Crippen molar-refractivity contribution in [3.63, 3.8) is 0 Å². The number of nitrogens with one attached hydrogen (secondary N) is 3. The van der Waals surface area contributed by atoms with Crippen LogP contribution in [-0.2, 0) is 10.0 Å². The van der Waals surface area contributed by atoms with Gasteiger partial charge in [-0.2, -0.15) is 0 Å². The normalized spacial score (nSPS) is 21.7. The van der Waals surface area contributed by atoms with E-state index in [0.29, 0.717) is 64.7 Å². The third-order valence-electron chi connectivity index (χ3n) is 14.3. The number of anilines is 2. The van der Waals surface area contributed by atoms with E-state index in [1.165, 1.54) is 55.1 Å². The lowest BCUT2D eigenvalue weighted by Crippen LogP contribution is -2.55. The van der Waals surface area contributed by atoms with Gasteiger partial charge in [-0.1, -0.05) is 38.1 Å². The number of ether oxygens (including phenoxy) is 1. The van der Waals surface area contributed by atoms with Gasteiger partial charge in [0.05, 0.1) is 16.8 Å². The second-order valence-electron chi connectivity index (χ2n) is 18.6. The molecule has 15 heteroatoms. The molecule has 2 saturated carbocycles. The number of aliphatic hydroxyl groups is 1. The number of carbonyl (C=O) groups is 1. The highest BCUT2D eigenvalue weighted by Crippen LogP contribution is 2.54. The van der Waals surface area contributed by atoms with Crippen molar-refractivity contribution in [2.24, 2.45) is 22.4 Å². The molecule has 2 aliphatic carbocycles. The number of piperidine rings is 1. The average Bonchev–Trinajstić information content (AvgIpc) is 3.97. The van der Waals surface area contributed by atoms with E-state index in [1.807, 2.05) is 6.07 Å². The third kappa shape index (κ3) is 9.05. The number of benzene rings is 2. The zero-order chi connectivity index (χ0) is 43.7. The van der Waals surface area contributed by atoms with Gasteiger partial charge in [-0.25, -0.2) is 23.1 Å². The minimum absolute atomic E-state index is 0.0750. The van der Waals surface area contributed by atoms with Crippen LogP contribution in [0.25, 0.3) is 11.0 Å². The number of carbonyl (C=O) groups excluding carboxylic acids is 1. The second-order valence-corrected chi connectivity index (χ2v) is 20.3. The number of rotatable bonds is 14. The van der Waals surface area contributed by atoms with Crippen LogP contribution in [0.2, 0.25) is 0 Å². The quantitative estimate of drug-likeness (QED) is 0.0781. The van der Waals surface area contributed by atoms with Crippen molar-refractivity contribution in [3.05, 3.63) is 101 Å². The first kappa shape index (κ1) is 42.9. The zero-order valence-corrected chi connectivity index (χ0v) is 36.9. The van der Waals surface area contributed by atoms with E-state index >= 15 is 0 Å². The number of hydrogen-bond acceptors (Lipinski definition) is 12. The van der Waals surface area contributed by atoms with Crippen LogP contribution in [0.4, 0.5) is 17.2 Å². The Hall–Kier alpha value is -5.38. The fourth-order valence-electron chi connectivity index (χ4n) is 10.7. The van der Waals surface area contributed by atoms with E-state index in [-0.39, 0.29) is 28.5 Å². The average molecular weight is 875 g/mol. The van der Waals surface area contributed by atoms with E-state index in [4.69, 9.17) is 9.72 Å². The number of aliphatic hydroxyl groups excluding tert-OH is 1. The number of amides is 1. The molecular weight excluding hydrogens is 817 g/mol. The molecule has 4 aliphatic rings. The molecule has 2 aromatic carbocycles. The Balaban J connectivity index is 0.885. The topological polar surface area (TPSA) is 182 Å². The monoisotopic (exact) mass is 874 g/mol. The van der Waals surface area contributed by atoms with Crippen molar-refractivity contribution in [1.82, 2.24) is 24.6 Å². The van der Waals surface area contributed by atoms with Gasteiger partial charge >= 0.3 is 0 Å². The molecule has 0 bridgehead atoms. The number of hydrogen-bond donors (Lipinski definition) is 4. The lowest BCUT2D eigenvalue weighted by Gasteiger charge is -2.56. The molecule has 1 unspecified atom stereocenters. The van der Waals surface area contributed by atoms with Crippen molar-refractivity contribution >= 4 is 44.2 Å². The number of fused-ring (bicyclic) bond motifs is 1. The van der Waals surface area contributed by atoms with Crippen LogP contribution in [0.5, 0.6) is 11.5 Å². The highest BCUT2D eigenvalue weighted by atomic mass is 32.2. The minimum atomic E-state index is -4.45. The predicted molar refractivity (Wildman–Crippen MR) is 244 cm³/mol. The summed E-state index contributed by atoms with van der Waals surface area (Å²) in [6.45, 7) is 8.12. The highest BCUT2D eigenvalue weighted by Gasteiger charge is 2.50. The van der Waals surface area contributed by atoms with E-state index in [0.717, 1.165) is 69.6 Å². The van der Waals surface area contributed by atoms with Crippen molar-refractivity contribution in [3.8, 4) is 11.5 Å². The van der Waals surface area contributed by atoms with Crippen molar-refractivity contribution in [1.29, 1.82) is 0 Å². The molecule has 332 valence electrons. The number of nitrogens with zero attached hydrogens (tertiary/aromatic N) is 5. The van der Waals surface area contributed by atoms with Crippen LogP contribution in [0, 0.1) is 22.2 Å². The van der Waals surface area contributed by atoms with Gasteiger partial charge in [0.25, 0.3) is 15.9 Å². The van der Waals surface area contributed by atoms with Crippen LogP contribution >= 0.6 is 0 Å². The highest BCUT2D eigenvalue weighted by molar-refractivity contribution is 7.90. The fraction of sp³-hybridized carbons (Fsp3) is 0.479. The molecule has 9 rings (SSSR count). The van der Waals surface area contributed by atoms with Crippen LogP contribution in [0.3, 0.4) is 0 Å². The van der Waals surface area contributed by atoms with Gasteiger partial charge in [0.15, 0.2) is 0 Å². The van der Waals surface area contributed by atoms with Gasteiger partial charge in [0.1, 0.15) is 34.2 Å². The Kier molecular flexibility index (Phi) is 12.3. The smallest absolute Gasteiger partial charge is 0.270 e. The molecule has 1 spiro atoms. The van der Waals surface area contributed by atoms with Crippen LogP contribution in [-0.4, -0.2) is 78.1 Å². The molecule has 0 radical (unpaired) electrons. The summed E-state index contributed by atoms with van der Waals surface area (Å²) in [5.74, 6) is 1.40. The van der Waals surface area contributed by atoms with E-state index in [2.05, 4.69) is 73.1 Å². The summed E-state index contributed by atoms with van der Waals surface area (Å²) in [6.07, 6.45) is 15.4. The Bertz CT molecular complexity index is 2560. The van der Waals surface area contributed by atoms with Gasteiger partial charge in [-0.3, -0.25) is 9.69 Å².